The summed E-state index contributed by atoms with van der Waals surface area (Å²) in [6, 6.07) is 14.2. The molecule has 5 rings (SSSR count). The highest BCUT2D eigenvalue weighted by Crippen LogP contribution is 2.32. The van der Waals surface area contributed by atoms with E-state index in [2.05, 4.69) is 29.9 Å². The van der Waals surface area contributed by atoms with E-state index in [1.807, 2.05) is 0 Å². The molecule has 0 bridgehead atoms. The van der Waals surface area contributed by atoms with E-state index >= 15 is 0 Å². The van der Waals surface area contributed by atoms with E-state index in [1.54, 1.807) is 42.6 Å². The SMILES string of the molecule is N.O=S(=O)(Nc1cc(-c2cnc3[nH]nc(-c4ccnc(F)c4)c3c2)cnc1Cl)c1ccccc1. The quantitative estimate of drug-likeness (QED) is 0.294. The Morgan fingerprint density at radius 1 is 0.912 bits per heavy atom. The minimum absolute atomic E-state index is 0. The molecule has 0 aliphatic carbocycles. The third-order valence-corrected chi connectivity index (χ3v) is 6.57. The summed E-state index contributed by atoms with van der Waals surface area (Å²) in [5, 5.41) is 7.72. The highest BCUT2D eigenvalue weighted by Gasteiger charge is 2.17. The Hall–Kier alpha value is -3.93. The van der Waals surface area contributed by atoms with E-state index in [4.69, 9.17) is 11.6 Å². The van der Waals surface area contributed by atoms with Crippen LogP contribution in [-0.2, 0) is 10.0 Å². The van der Waals surface area contributed by atoms with Crippen LogP contribution in [0, 0.1) is 5.95 Å². The van der Waals surface area contributed by atoms with Gasteiger partial charge in [0.25, 0.3) is 10.0 Å². The second kappa shape index (κ2) is 9.14. The summed E-state index contributed by atoms with van der Waals surface area (Å²) in [7, 11) is -3.85. The maximum Gasteiger partial charge on any atom is 0.261 e. The molecule has 0 unspecified atom stereocenters. The van der Waals surface area contributed by atoms with Gasteiger partial charge in [-0.1, -0.05) is 29.8 Å². The van der Waals surface area contributed by atoms with E-state index in [-0.39, 0.29) is 21.9 Å². The van der Waals surface area contributed by atoms with Crippen molar-refractivity contribution < 1.29 is 12.8 Å². The average Bonchev–Trinajstić information content (AvgIpc) is 3.24. The molecule has 172 valence electrons. The fraction of sp³-hybridized carbons (Fsp3) is 0. The summed E-state index contributed by atoms with van der Waals surface area (Å²) in [4.78, 5) is 12.2. The Labute approximate surface area is 198 Å². The van der Waals surface area contributed by atoms with Gasteiger partial charge in [-0.3, -0.25) is 9.82 Å². The lowest BCUT2D eigenvalue weighted by Gasteiger charge is -2.11. The number of benzene rings is 1. The maximum atomic E-state index is 13.6. The first-order chi connectivity index (χ1) is 15.9. The number of H-pyrrole nitrogens is 1. The Morgan fingerprint density at radius 3 is 2.41 bits per heavy atom. The largest absolute Gasteiger partial charge is 0.344 e. The lowest BCUT2D eigenvalue weighted by atomic mass is 10.1. The van der Waals surface area contributed by atoms with Gasteiger partial charge in [-0.2, -0.15) is 9.49 Å². The van der Waals surface area contributed by atoms with Crippen LogP contribution in [0.2, 0.25) is 5.15 Å². The minimum atomic E-state index is -3.85. The van der Waals surface area contributed by atoms with Crippen LogP contribution in [0.5, 0.6) is 0 Å². The minimum Gasteiger partial charge on any atom is -0.344 e. The van der Waals surface area contributed by atoms with Crippen molar-refractivity contribution in [1.82, 2.24) is 31.3 Å². The van der Waals surface area contributed by atoms with E-state index < -0.39 is 16.0 Å². The molecule has 12 heteroatoms. The Kier molecular flexibility index (Phi) is 6.24. The lowest BCUT2D eigenvalue weighted by Crippen LogP contribution is -2.13. The lowest BCUT2D eigenvalue weighted by molar-refractivity contribution is 0.584. The number of nitrogens with one attached hydrogen (secondary N) is 2. The van der Waals surface area contributed by atoms with Crippen LogP contribution in [0.15, 0.2) is 78.1 Å². The van der Waals surface area contributed by atoms with Crippen molar-refractivity contribution in [2.75, 3.05) is 4.72 Å². The van der Waals surface area contributed by atoms with Gasteiger partial charge in [0.15, 0.2) is 10.8 Å². The van der Waals surface area contributed by atoms with Gasteiger partial charge in [-0.05, 0) is 30.3 Å². The monoisotopic (exact) mass is 497 g/mol. The molecule has 0 spiro atoms. The summed E-state index contributed by atoms with van der Waals surface area (Å²) in [5.74, 6) is -0.620. The van der Waals surface area contributed by atoms with Crippen molar-refractivity contribution in [3.05, 3.63) is 84.3 Å². The predicted octanol–water partition coefficient (Wildman–Crippen LogP) is 4.84. The van der Waals surface area contributed by atoms with Crippen molar-refractivity contribution in [3.8, 4) is 22.4 Å². The summed E-state index contributed by atoms with van der Waals surface area (Å²) in [6.45, 7) is 0. The van der Waals surface area contributed by atoms with Gasteiger partial charge in [0.1, 0.15) is 5.69 Å². The number of nitrogens with zero attached hydrogens (tertiary/aromatic N) is 4. The molecular weight excluding hydrogens is 481 g/mol. The van der Waals surface area contributed by atoms with Gasteiger partial charge in [0, 0.05) is 46.7 Å². The number of pyridine rings is 3. The Balaban J connectivity index is 0.00000274. The number of hydrogen-bond acceptors (Lipinski definition) is 7. The smallest absolute Gasteiger partial charge is 0.261 e. The van der Waals surface area contributed by atoms with Crippen LogP contribution in [0.4, 0.5) is 10.1 Å². The number of aromatic nitrogens is 5. The van der Waals surface area contributed by atoms with Gasteiger partial charge in [-0.15, -0.1) is 0 Å². The molecule has 9 nitrogen and oxygen atoms in total. The van der Waals surface area contributed by atoms with Gasteiger partial charge in [0.2, 0.25) is 5.95 Å². The summed E-state index contributed by atoms with van der Waals surface area (Å²) < 4.78 is 41.5. The summed E-state index contributed by atoms with van der Waals surface area (Å²) >= 11 is 6.16. The molecule has 1 aromatic carbocycles. The number of sulfonamides is 1. The molecule has 0 saturated heterocycles. The molecule has 0 aliphatic heterocycles. The topological polar surface area (TPSA) is 149 Å². The molecular formula is C22H17ClFN7O2S. The fourth-order valence-corrected chi connectivity index (χ4v) is 4.60. The third kappa shape index (κ3) is 4.44. The zero-order valence-electron chi connectivity index (χ0n) is 17.4. The molecule has 0 aliphatic rings. The van der Waals surface area contributed by atoms with Crippen LogP contribution in [0.1, 0.15) is 0 Å². The van der Waals surface area contributed by atoms with Crippen molar-refractivity contribution in [1.29, 1.82) is 0 Å². The van der Waals surface area contributed by atoms with Crippen molar-refractivity contribution in [2.24, 2.45) is 0 Å². The molecule has 5 aromatic rings. The highest BCUT2D eigenvalue weighted by molar-refractivity contribution is 7.92. The number of halogens is 2. The van der Waals surface area contributed by atoms with E-state index in [0.717, 1.165) is 0 Å². The molecule has 34 heavy (non-hydrogen) atoms. The van der Waals surface area contributed by atoms with Gasteiger partial charge in [0.05, 0.1) is 10.6 Å². The Morgan fingerprint density at radius 2 is 1.65 bits per heavy atom. The number of anilines is 1. The highest BCUT2D eigenvalue weighted by atomic mass is 35.5. The van der Waals surface area contributed by atoms with Crippen molar-refractivity contribution in [3.63, 3.8) is 0 Å². The van der Waals surface area contributed by atoms with Crippen molar-refractivity contribution >= 4 is 38.3 Å². The second-order valence-electron chi connectivity index (χ2n) is 7.04. The first kappa shape index (κ1) is 23.2. The molecule has 0 fully saturated rings. The fourth-order valence-electron chi connectivity index (χ4n) is 3.31. The van der Waals surface area contributed by atoms with E-state index in [1.165, 1.54) is 30.6 Å². The molecule has 0 saturated carbocycles. The van der Waals surface area contributed by atoms with Gasteiger partial charge in [-0.25, -0.2) is 23.4 Å². The Bertz CT molecular complexity index is 1590. The van der Waals surface area contributed by atoms with Crippen LogP contribution >= 0.6 is 11.6 Å². The number of aromatic amines is 1. The normalized spacial score (nSPS) is 11.2. The molecule has 0 radical (unpaired) electrons. The number of fused-ring (bicyclic) bond motifs is 1. The molecule has 0 amide bonds. The van der Waals surface area contributed by atoms with E-state index in [0.29, 0.717) is 33.4 Å². The molecule has 4 aromatic heterocycles. The number of hydrogen-bond donors (Lipinski definition) is 3. The first-order valence-corrected chi connectivity index (χ1v) is 11.5. The van der Waals surface area contributed by atoms with Crippen LogP contribution in [0.25, 0.3) is 33.4 Å². The van der Waals surface area contributed by atoms with Crippen LogP contribution < -0.4 is 10.9 Å². The first-order valence-electron chi connectivity index (χ1n) is 9.60. The number of rotatable bonds is 5. The third-order valence-electron chi connectivity index (χ3n) is 4.89. The standard InChI is InChI=1S/C22H14ClFN6O2S.H3N/c23-21-18(30-33(31,32)16-4-2-1-3-5-16)9-15(11-26-21)14-8-17-20(28-29-22(17)27-12-14)13-6-7-25-19(24)10-13;/h1-12,30H,(H,27,28,29);1H3. The molecule has 4 heterocycles. The zero-order chi connectivity index (χ0) is 23.0. The summed E-state index contributed by atoms with van der Waals surface area (Å²) in [6.07, 6.45) is 4.46. The maximum absolute atomic E-state index is 13.6. The predicted molar refractivity (Wildman–Crippen MR) is 128 cm³/mol. The summed E-state index contributed by atoms with van der Waals surface area (Å²) in [5.41, 5.74) is 2.90. The van der Waals surface area contributed by atoms with Crippen molar-refractivity contribution in [2.45, 2.75) is 4.90 Å². The van der Waals surface area contributed by atoms with Crippen LogP contribution in [0.3, 0.4) is 0 Å². The van der Waals surface area contributed by atoms with Gasteiger partial charge < -0.3 is 6.15 Å². The molecule has 5 N–H and O–H groups in total. The average molecular weight is 498 g/mol. The zero-order valence-corrected chi connectivity index (χ0v) is 19.0. The van der Waals surface area contributed by atoms with E-state index in [9.17, 15) is 12.8 Å². The second-order valence-corrected chi connectivity index (χ2v) is 9.08. The van der Waals surface area contributed by atoms with Gasteiger partial charge >= 0.3 is 0 Å². The molecule has 0 atom stereocenters. The van der Waals surface area contributed by atoms with Crippen LogP contribution in [-0.4, -0.2) is 33.6 Å².